The molecule has 4 nitrogen and oxygen atoms in total. The average molecular weight is 352 g/mol. The van der Waals surface area contributed by atoms with Crippen LogP contribution in [0, 0.1) is 19.7 Å². The summed E-state index contributed by atoms with van der Waals surface area (Å²) in [4.78, 5) is 25.9. The van der Waals surface area contributed by atoms with E-state index in [4.69, 9.17) is 0 Å². The Hall–Kier alpha value is -2.69. The Labute approximate surface area is 152 Å². The van der Waals surface area contributed by atoms with Crippen LogP contribution in [0.4, 0.5) is 4.39 Å². The average Bonchev–Trinajstić information content (AvgIpc) is 2.89. The van der Waals surface area contributed by atoms with Gasteiger partial charge in [0.1, 0.15) is 11.7 Å². The number of nitrogens with zero attached hydrogens (tertiary/aromatic N) is 2. The van der Waals surface area contributed by atoms with Crippen molar-refractivity contribution in [2.24, 2.45) is 0 Å². The number of hydrogen-bond donors (Lipinski definition) is 0. The van der Waals surface area contributed by atoms with Crippen LogP contribution in [0.5, 0.6) is 0 Å². The third kappa shape index (κ3) is 2.50. The van der Waals surface area contributed by atoms with Crippen LogP contribution in [0.2, 0.25) is 0 Å². The maximum atomic E-state index is 13.3. The summed E-state index contributed by atoms with van der Waals surface area (Å²) in [6.45, 7) is 5.09. The van der Waals surface area contributed by atoms with Crippen LogP contribution in [-0.4, -0.2) is 34.9 Å². The highest BCUT2D eigenvalue weighted by Gasteiger charge is 2.48. The number of carbonyl (C=O) groups is 2. The number of hydrogen-bond acceptors (Lipinski definition) is 2. The lowest BCUT2D eigenvalue weighted by atomic mass is 9.85. The molecule has 4 rings (SSSR count). The van der Waals surface area contributed by atoms with Gasteiger partial charge < -0.3 is 0 Å². The predicted molar refractivity (Wildman–Crippen MR) is 96.7 cm³/mol. The van der Waals surface area contributed by atoms with Gasteiger partial charge in [-0.2, -0.15) is 0 Å². The third-order valence-corrected chi connectivity index (χ3v) is 5.46. The predicted octanol–water partition coefficient (Wildman–Crippen LogP) is 3.57. The fraction of sp³-hybridized carbons (Fsp3) is 0.333. The second kappa shape index (κ2) is 6.24. The molecule has 0 aliphatic carbocycles. The highest BCUT2D eigenvalue weighted by atomic mass is 19.1. The van der Waals surface area contributed by atoms with E-state index in [-0.39, 0.29) is 17.6 Å². The van der Waals surface area contributed by atoms with E-state index >= 15 is 0 Å². The molecule has 2 aromatic rings. The van der Waals surface area contributed by atoms with Crippen molar-refractivity contribution in [2.45, 2.75) is 32.6 Å². The Morgan fingerprint density at radius 1 is 0.885 bits per heavy atom. The Morgan fingerprint density at radius 2 is 1.46 bits per heavy atom. The largest absolute Gasteiger partial charge is 0.272 e. The van der Waals surface area contributed by atoms with Crippen molar-refractivity contribution in [1.29, 1.82) is 0 Å². The minimum Gasteiger partial charge on any atom is -0.272 e. The first-order valence-electron chi connectivity index (χ1n) is 8.97. The smallest absolute Gasteiger partial charge is 0.258 e. The van der Waals surface area contributed by atoms with Crippen molar-refractivity contribution in [2.75, 3.05) is 13.1 Å². The van der Waals surface area contributed by atoms with E-state index in [1.54, 1.807) is 22.2 Å². The summed E-state index contributed by atoms with van der Waals surface area (Å²) < 4.78 is 13.3. The SMILES string of the molecule is Cc1ccc(-c2ccc(F)cc2)c(C)c1C1C(=O)N2CCCCN2C1=O. The minimum atomic E-state index is -0.770. The molecule has 2 aromatic carbocycles. The van der Waals surface area contributed by atoms with Crippen LogP contribution in [0.3, 0.4) is 0 Å². The molecule has 2 fully saturated rings. The van der Waals surface area contributed by atoms with Crippen LogP contribution in [0.1, 0.15) is 35.4 Å². The summed E-state index contributed by atoms with van der Waals surface area (Å²) in [6.07, 6.45) is 1.85. The number of aryl methyl sites for hydroxylation is 1. The standard InChI is InChI=1S/C21H21FN2O2/c1-13-5-10-17(15-6-8-16(22)9-7-15)14(2)18(13)19-20(25)23-11-3-4-12-24(23)21(19)26/h5-10,19H,3-4,11-12H2,1-2H3. The molecule has 2 aliphatic heterocycles. The highest BCUT2D eigenvalue weighted by molar-refractivity contribution is 6.11. The molecule has 5 heteroatoms. The van der Waals surface area contributed by atoms with Crippen molar-refractivity contribution in [3.05, 3.63) is 58.9 Å². The van der Waals surface area contributed by atoms with Crippen molar-refractivity contribution in [1.82, 2.24) is 10.0 Å². The van der Waals surface area contributed by atoms with Crippen molar-refractivity contribution >= 4 is 11.8 Å². The normalized spacial score (nSPS) is 17.8. The molecule has 0 spiro atoms. The number of halogens is 1. The van der Waals surface area contributed by atoms with Gasteiger partial charge in [0.25, 0.3) is 11.8 Å². The number of benzene rings is 2. The minimum absolute atomic E-state index is 0.128. The first-order chi connectivity index (χ1) is 12.5. The van der Waals surface area contributed by atoms with Crippen molar-refractivity contribution < 1.29 is 14.0 Å². The van der Waals surface area contributed by atoms with Gasteiger partial charge in [-0.05, 0) is 66.6 Å². The lowest BCUT2D eigenvalue weighted by Gasteiger charge is -2.31. The van der Waals surface area contributed by atoms with Gasteiger partial charge in [0.2, 0.25) is 0 Å². The van der Waals surface area contributed by atoms with E-state index in [1.807, 2.05) is 26.0 Å². The van der Waals surface area contributed by atoms with E-state index in [0.717, 1.165) is 40.7 Å². The topological polar surface area (TPSA) is 40.6 Å². The monoisotopic (exact) mass is 352 g/mol. The van der Waals surface area contributed by atoms with Gasteiger partial charge in [0, 0.05) is 13.1 Å². The van der Waals surface area contributed by atoms with E-state index in [0.29, 0.717) is 13.1 Å². The maximum Gasteiger partial charge on any atom is 0.258 e. The number of hydrazine groups is 1. The zero-order valence-corrected chi connectivity index (χ0v) is 15.0. The summed E-state index contributed by atoms with van der Waals surface area (Å²) in [7, 11) is 0. The van der Waals surface area contributed by atoms with Gasteiger partial charge in [-0.1, -0.05) is 24.3 Å². The summed E-state index contributed by atoms with van der Waals surface area (Å²) in [5, 5.41) is 3.22. The van der Waals surface area contributed by atoms with E-state index < -0.39 is 5.92 Å². The van der Waals surface area contributed by atoms with Gasteiger partial charge in [-0.25, -0.2) is 4.39 Å². The van der Waals surface area contributed by atoms with E-state index in [1.165, 1.54) is 12.1 Å². The molecule has 0 saturated carbocycles. The first-order valence-corrected chi connectivity index (χ1v) is 8.97. The Bertz CT molecular complexity index is 868. The molecule has 0 unspecified atom stereocenters. The van der Waals surface area contributed by atoms with Crippen molar-refractivity contribution in [3.8, 4) is 11.1 Å². The van der Waals surface area contributed by atoms with Crippen molar-refractivity contribution in [3.63, 3.8) is 0 Å². The first kappa shape index (κ1) is 16.8. The van der Waals surface area contributed by atoms with E-state index in [9.17, 15) is 14.0 Å². The quantitative estimate of drug-likeness (QED) is 0.775. The molecule has 134 valence electrons. The zero-order valence-electron chi connectivity index (χ0n) is 15.0. The molecule has 0 atom stereocenters. The van der Waals surface area contributed by atoms with E-state index in [2.05, 4.69) is 0 Å². The van der Waals surface area contributed by atoms with Crippen LogP contribution in [0.15, 0.2) is 36.4 Å². The number of rotatable bonds is 2. The molecule has 2 heterocycles. The zero-order chi connectivity index (χ0) is 18.4. The fourth-order valence-corrected chi connectivity index (χ4v) is 4.12. The number of fused-ring (bicyclic) bond motifs is 1. The van der Waals surface area contributed by atoms with Crippen LogP contribution in [0.25, 0.3) is 11.1 Å². The summed E-state index contributed by atoms with van der Waals surface area (Å²) in [5.74, 6) is -1.31. The Balaban J connectivity index is 1.81. The second-order valence-electron chi connectivity index (χ2n) is 7.04. The van der Waals surface area contributed by atoms with Crippen LogP contribution >= 0.6 is 0 Å². The molecule has 2 amide bonds. The third-order valence-electron chi connectivity index (χ3n) is 5.46. The van der Waals surface area contributed by atoms with Gasteiger partial charge in [-0.15, -0.1) is 0 Å². The molecule has 2 aliphatic rings. The molecule has 0 radical (unpaired) electrons. The summed E-state index contributed by atoms with van der Waals surface area (Å²) >= 11 is 0. The lowest BCUT2D eigenvalue weighted by molar-refractivity contribution is -0.150. The summed E-state index contributed by atoms with van der Waals surface area (Å²) in [6, 6.07) is 10.2. The Morgan fingerprint density at radius 3 is 2.04 bits per heavy atom. The molecule has 0 N–H and O–H groups in total. The molecular formula is C21H21FN2O2. The lowest BCUT2D eigenvalue weighted by Crippen LogP contribution is -2.45. The molecular weight excluding hydrogens is 331 g/mol. The molecule has 26 heavy (non-hydrogen) atoms. The number of amides is 2. The van der Waals surface area contributed by atoms with Gasteiger partial charge >= 0.3 is 0 Å². The van der Waals surface area contributed by atoms with Gasteiger partial charge in [0.05, 0.1) is 0 Å². The highest BCUT2D eigenvalue weighted by Crippen LogP contribution is 2.38. The van der Waals surface area contributed by atoms with Crippen LogP contribution in [-0.2, 0) is 9.59 Å². The fourth-order valence-electron chi connectivity index (χ4n) is 4.12. The maximum absolute atomic E-state index is 13.3. The second-order valence-corrected chi connectivity index (χ2v) is 7.04. The Kier molecular flexibility index (Phi) is 4.02. The van der Waals surface area contributed by atoms with Crippen LogP contribution < -0.4 is 0 Å². The molecule has 0 aromatic heterocycles. The van der Waals surface area contributed by atoms with Gasteiger partial charge in [-0.3, -0.25) is 19.6 Å². The molecule has 0 bridgehead atoms. The summed E-state index contributed by atoms with van der Waals surface area (Å²) in [5.41, 5.74) is 4.42. The number of carbonyl (C=O) groups excluding carboxylic acids is 2. The molecule has 2 saturated heterocycles. The van der Waals surface area contributed by atoms with Gasteiger partial charge in [0.15, 0.2) is 0 Å².